The summed E-state index contributed by atoms with van der Waals surface area (Å²) in [5.74, 6) is -0.174. The van der Waals surface area contributed by atoms with E-state index in [1.54, 1.807) is 31.2 Å². The summed E-state index contributed by atoms with van der Waals surface area (Å²) >= 11 is 5.93. The van der Waals surface area contributed by atoms with Gasteiger partial charge in [0.05, 0.1) is 6.54 Å². The number of carbonyl (C=O) groups excluding carboxylic acids is 3. The first kappa shape index (κ1) is 21.6. The van der Waals surface area contributed by atoms with Crippen LogP contribution in [0.5, 0.6) is 5.75 Å². The molecule has 1 saturated heterocycles. The third-order valence-electron chi connectivity index (χ3n) is 5.03. The van der Waals surface area contributed by atoms with Crippen LogP contribution in [0.4, 0.5) is 4.79 Å². The van der Waals surface area contributed by atoms with Gasteiger partial charge in [-0.25, -0.2) is 4.79 Å². The molecule has 1 heterocycles. The zero-order valence-corrected chi connectivity index (χ0v) is 17.7. The van der Waals surface area contributed by atoms with Crippen molar-refractivity contribution in [1.82, 2.24) is 15.5 Å². The molecule has 0 aromatic heterocycles. The molecule has 1 aliphatic heterocycles. The minimum Gasteiger partial charge on any atom is -0.492 e. The van der Waals surface area contributed by atoms with Gasteiger partial charge in [0.2, 0.25) is 5.91 Å². The molecule has 2 N–H and O–H groups in total. The molecule has 8 heteroatoms. The van der Waals surface area contributed by atoms with Gasteiger partial charge in [-0.05, 0) is 48.7 Å². The van der Waals surface area contributed by atoms with Gasteiger partial charge in [-0.1, -0.05) is 42.8 Å². The topological polar surface area (TPSA) is 87.7 Å². The smallest absolute Gasteiger partial charge is 0.325 e. The van der Waals surface area contributed by atoms with Crippen LogP contribution >= 0.6 is 11.6 Å². The van der Waals surface area contributed by atoms with Gasteiger partial charge in [-0.15, -0.1) is 0 Å². The third-order valence-corrected chi connectivity index (χ3v) is 5.28. The van der Waals surface area contributed by atoms with Crippen LogP contribution in [-0.2, 0) is 15.1 Å². The lowest BCUT2D eigenvalue weighted by atomic mass is 9.87. The van der Waals surface area contributed by atoms with E-state index in [1.165, 1.54) is 0 Å². The molecule has 1 fully saturated rings. The first-order valence-corrected chi connectivity index (χ1v) is 10.1. The lowest BCUT2D eigenvalue weighted by molar-refractivity contribution is -0.135. The van der Waals surface area contributed by atoms with Crippen molar-refractivity contribution < 1.29 is 19.1 Å². The summed E-state index contributed by atoms with van der Waals surface area (Å²) in [5, 5.41) is 5.95. The molecule has 1 unspecified atom stereocenters. The largest absolute Gasteiger partial charge is 0.492 e. The maximum Gasteiger partial charge on any atom is 0.325 e. The normalized spacial score (nSPS) is 18.3. The van der Waals surface area contributed by atoms with E-state index in [1.807, 2.05) is 31.2 Å². The second-order valence-electron chi connectivity index (χ2n) is 7.10. The summed E-state index contributed by atoms with van der Waals surface area (Å²) in [7, 11) is 0. The number of halogens is 1. The zero-order valence-electron chi connectivity index (χ0n) is 16.9. The third kappa shape index (κ3) is 4.57. The first-order chi connectivity index (χ1) is 14.4. The second-order valence-corrected chi connectivity index (χ2v) is 7.54. The molecule has 0 spiro atoms. The molecule has 7 nitrogen and oxygen atoms in total. The molecule has 2 aromatic carbocycles. The predicted molar refractivity (Wildman–Crippen MR) is 113 cm³/mol. The van der Waals surface area contributed by atoms with E-state index in [9.17, 15) is 14.4 Å². The molecule has 2 aromatic rings. The molecule has 0 aliphatic carbocycles. The number of amides is 4. The summed E-state index contributed by atoms with van der Waals surface area (Å²) < 4.78 is 5.58. The Balaban J connectivity index is 1.56. The number of imide groups is 1. The zero-order chi connectivity index (χ0) is 21.7. The first-order valence-electron chi connectivity index (χ1n) is 9.72. The highest BCUT2D eigenvalue weighted by molar-refractivity contribution is 6.30. The van der Waals surface area contributed by atoms with Crippen LogP contribution in [0.1, 0.15) is 24.5 Å². The fraction of sp³-hybridized carbons (Fsp3) is 0.318. The Labute approximate surface area is 180 Å². The molecule has 1 aliphatic rings. The van der Waals surface area contributed by atoms with Crippen molar-refractivity contribution >= 4 is 29.4 Å². The van der Waals surface area contributed by atoms with Gasteiger partial charge < -0.3 is 15.4 Å². The number of hydrogen-bond acceptors (Lipinski definition) is 4. The number of aryl methyl sites for hydroxylation is 1. The van der Waals surface area contributed by atoms with Gasteiger partial charge >= 0.3 is 6.03 Å². The summed E-state index contributed by atoms with van der Waals surface area (Å²) in [5.41, 5.74) is 0.508. The van der Waals surface area contributed by atoms with Gasteiger partial charge in [0.25, 0.3) is 5.91 Å². The highest BCUT2D eigenvalue weighted by Crippen LogP contribution is 2.32. The van der Waals surface area contributed by atoms with Crippen LogP contribution in [0.3, 0.4) is 0 Å². The summed E-state index contributed by atoms with van der Waals surface area (Å²) in [6, 6.07) is 13.7. The van der Waals surface area contributed by atoms with Crippen molar-refractivity contribution in [1.29, 1.82) is 0 Å². The van der Waals surface area contributed by atoms with Crippen LogP contribution in [0.2, 0.25) is 5.02 Å². The Morgan fingerprint density at radius 1 is 1.20 bits per heavy atom. The fourth-order valence-corrected chi connectivity index (χ4v) is 3.53. The minimum atomic E-state index is -1.20. The van der Waals surface area contributed by atoms with Crippen LogP contribution in [0, 0.1) is 6.92 Å². The summed E-state index contributed by atoms with van der Waals surface area (Å²) in [6.45, 7) is 3.95. The number of nitrogens with one attached hydrogen (secondary N) is 2. The van der Waals surface area contributed by atoms with Crippen LogP contribution in [0.15, 0.2) is 48.5 Å². The van der Waals surface area contributed by atoms with Crippen molar-refractivity contribution in [2.24, 2.45) is 0 Å². The van der Waals surface area contributed by atoms with Crippen molar-refractivity contribution in [3.05, 3.63) is 64.7 Å². The molecule has 1 atom stereocenters. The van der Waals surface area contributed by atoms with Gasteiger partial charge in [-0.3, -0.25) is 14.5 Å². The van der Waals surface area contributed by atoms with E-state index in [-0.39, 0.29) is 19.7 Å². The second kappa shape index (κ2) is 9.17. The number of carbonyl (C=O) groups is 3. The number of urea groups is 1. The standard InChI is InChI=1S/C22H24ClN3O4/c1-3-22(16-7-9-17(23)10-8-16)20(28)26(21(29)25-22)14-19(27)24-11-12-30-18-6-4-5-15(2)13-18/h4-10,13H,3,11-12,14H2,1-2H3,(H,24,27)(H,25,29). The van der Waals surface area contributed by atoms with E-state index in [0.717, 1.165) is 10.5 Å². The Kier molecular flexibility index (Phi) is 6.62. The quantitative estimate of drug-likeness (QED) is 0.498. The van der Waals surface area contributed by atoms with Gasteiger partial charge in [-0.2, -0.15) is 0 Å². The van der Waals surface area contributed by atoms with Crippen molar-refractivity contribution in [3.8, 4) is 5.75 Å². The van der Waals surface area contributed by atoms with Gasteiger partial charge in [0, 0.05) is 5.02 Å². The summed E-state index contributed by atoms with van der Waals surface area (Å²) in [4.78, 5) is 38.7. The molecule has 158 valence electrons. The van der Waals surface area contributed by atoms with Crippen molar-refractivity contribution in [2.75, 3.05) is 19.7 Å². The molecule has 4 amide bonds. The van der Waals surface area contributed by atoms with E-state index in [2.05, 4.69) is 10.6 Å². The van der Waals surface area contributed by atoms with E-state index in [0.29, 0.717) is 22.8 Å². The average molecular weight is 430 g/mol. The summed E-state index contributed by atoms with van der Waals surface area (Å²) in [6.07, 6.45) is 0.349. The molecule has 0 saturated carbocycles. The van der Waals surface area contributed by atoms with Crippen LogP contribution in [0.25, 0.3) is 0 Å². The Hall–Kier alpha value is -3.06. The van der Waals surface area contributed by atoms with E-state index >= 15 is 0 Å². The van der Waals surface area contributed by atoms with E-state index < -0.39 is 23.4 Å². The minimum absolute atomic E-state index is 0.256. The SMILES string of the molecule is CCC1(c2ccc(Cl)cc2)NC(=O)N(CC(=O)NCCOc2cccc(C)c2)C1=O. The predicted octanol–water partition coefficient (Wildman–Crippen LogP) is 3.00. The van der Waals surface area contributed by atoms with Crippen LogP contribution < -0.4 is 15.4 Å². The lowest BCUT2D eigenvalue weighted by Gasteiger charge is -2.25. The highest BCUT2D eigenvalue weighted by atomic mass is 35.5. The fourth-order valence-electron chi connectivity index (χ4n) is 3.41. The average Bonchev–Trinajstić information content (AvgIpc) is 2.97. The number of nitrogens with zero attached hydrogens (tertiary/aromatic N) is 1. The van der Waals surface area contributed by atoms with Crippen molar-refractivity contribution in [2.45, 2.75) is 25.8 Å². The van der Waals surface area contributed by atoms with E-state index in [4.69, 9.17) is 16.3 Å². The molecule has 0 bridgehead atoms. The lowest BCUT2D eigenvalue weighted by Crippen LogP contribution is -2.45. The number of rotatable bonds is 8. The molecular formula is C22H24ClN3O4. The molecular weight excluding hydrogens is 406 g/mol. The van der Waals surface area contributed by atoms with Crippen LogP contribution in [-0.4, -0.2) is 42.4 Å². The Morgan fingerprint density at radius 3 is 2.60 bits per heavy atom. The molecule has 3 rings (SSSR count). The van der Waals surface area contributed by atoms with Gasteiger partial charge in [0.15, 0.2) is 0 Å². The van der Waals surface area contributed by atoms with Crippen molar-refractivity contribution in [3.63, 3.8) is 0 Å². The maximum absolute atomic E-state index is 13.0. The number of benzene rings is 2. The van der Waals surface area contributed by atoms with Gasteiger partial charge in [0.1, 0.15) is 24.4 Å². The Bertz CT molecular complexity index is 948. The number of ether oxygens (including phenoxy) is 1. The monoisotopic (exact) mass is 429 g/mol. The number of hydrogen-bond donors (Lipinski definition) is 2. The molecule has 30 heavy (non-hydrogen) atoms. The highest BCUT2D eigenvalue weighted by Gasteiger charge is 2.51. The molecule has 0 radical (unpaired) electrons. The Morgan fingerprint density at radius 2 is 1.93 bits per heavy atom. The maximum atomic E-state index is 13.0.